The third-order valence-corrected chi connectivity index (χ3v) is 5.71. The van der Waals surface area contributed by atoms with Crippen molar-refractivity contribution in [1.82, 2.24) is 0 Å². The molecule has 82 valence electrons. The van der Waals surface area contributed by atoms with Crippen LogP contribution in [-0.2, 0) is 18.4 Å². The van der Waals surface area contributed by atoms with Crippen molar-refractivity contribution >= 4 is 14.5 Å². The van der Waals surface area contributed by atoms with E-state index in [0.29, 0.717) is 12.7 Å². The Morgan fingerprint density at radius 3 is 2.36 bits per heavy atom. The fourth-order valence-electron chi connectivity index (χ4n) is 1.12. The molecule has 0 aromatic rings. The maximum Gasteiger partial charge on any atom is 0.340 e. The first kappa shape index (κ1) is 13.3. The number of hydrogen-bond donors (Lipinski definition) is 0. The van der Waals surface area contributed by atoms with Crippen molar-refractivity contribution in [3.05, 3.63) is 12.7 Å². The molecule has 0 aliphatic rings. The first-order valence-corrected chi connectivity index (χ1v) is 6.76. The van der Waals surface area contributed by atoms with Gasteiger partial charge in [-0.15, -0.1) is 0 Å². The van der Waals surface area contributed by atoms with E-state index in [1.807, 2.05) is 6.92 Å². The van der Waals surface area contributed by atoms with Gasteiger partial charge in [0.25, 0.3) is 0 Å². The minimum atomic E-state index is -2.11. The normalized spacial score (nSPS) is 11.1. The number of esters is 1. The van der Waals surface area contributed by atoms with Gasteiger partial charge in [-0.2, -0.15) is 0 Å². The number of rotatable bonds is 7. The standard InChI is InChI=1S/C9H18O4Si/c1-5-9(10)13-7-8-14(6-2,11-3)12-4/h5H,1,6-8H2,2-4H3. The molecule has 0 aliphatic heterocycles. The molecule has 0 saturated carbocycles. The van der Waals surface area contributed by atoms with E-state index in [9.17, 15) is 4.79 Å². The minimum Gasteiger partial charge on any atom is -0.463 e. The summed E-state index contributed by atoms with van der Waals surface area (Å²) in [5.74, 6) is -0.406. The van der Waals surface area contributed by atoms with Gasteiger partial charge in [0.05, 0.1) is 6.61 Å². The summed E-state index contributed by atoms with van der Waals surface area (Å²) in [6.07, 6.45) is 1.15. The van der Waals surface area contributed by atoms with Crippen LogP contribution in [0.5, 0.6) is 0 Å². The maximum absolute atomic E-state index is 10.8. The van der Waals surface area contributed by atoms with Gasteiger partial charge in [0.1, 0.15) is 0 Å². The molecule has 0 aromatic heterocycles. The summed E-state index contributed by atoms with van der Waals surface area (Å²) in [6, 6.07) is 1.49. The minimum absolute atomic E-state index is 0.326. The largest absolute Gasteiger partial charge is 0.463 e. The van der Waals surface area contributed by atoms with E-state index in [1.165, 1.54) is 0 Å². The molecule has 14 heavy (non-hydrogen) atoms. The molecule has 0 bridgehead atoms. The molecule has 0 fully saturated rings. The summed E-state index contributed by atoms with van der Waals surface area (Å²) in [5.41, 5.74) is 0. The molecule has 5 heteroatoms. The summed E-state index contributed by atoms with van der Waals surface area (Å²) >= 11 is 0. The van der Waals surface area contributed by atoms with Gasteiger partial charge in [0, 0.05) is 26.3 Å². The second-order valence-electron chi connectivity index (χ2n) is 2.79. The van der Waals surface area contributed by atoms with Crippen LogP contribution in [0.25, 0.3) is 0 Å². The number of hydrogen-bond acceptors (Lipinski definition) is 4. The van der Waals surface area contributed by atoms with Gasteiger partial charge in [-0.25, -0.2) is 4.79 Å². The molecular formula is C9H18O4Si. The maximum atomic E-state index is 10.8. The van der Waals surface area contributed by atoms with Crippen LogP contribution in [0, 0.1) is 0 Å². The molecule has 0 heterocycles. The Morgan fingerprint density at radius 1 is 1.43 bits per heavy atom. The lowest BCUT2D eigenvalue weighted by Crippen LogP contribution is -2.40. The van der Waals surface area contributed by atoms with Crippen molar-refractivity contribution in [2.45, 2.75) is 19.0 Å². The Balaban J connectivity index is 3.94. The lowest BCUT2D eigenvalue weighted by molar-refractivity contribution is -0.137. The van der Waals surface area contributed by atoms with Crippen molar-refractivity contribution in [3.8, 4) is 0 Å². The zero-order valence-corrected chi connectivity index (χ0v) is 10.0. The fourth-order valence-corrected chi connectivity index (χ4v) is 3.04. The van der Waals surface area contributed by atoms with E-state index >= 15 is 0 Å². The van der Waals surface area contributed by atoms with Gasteiger partial charge < -0.3 is 13.6 Å². The van der Waals surface area contributed by atoms with Crippen molar-refractivity contribution in [2.75, 3.05) is 20.8 Å². The molecule has 0 rings (SSSR count). The summed E-state index contributed by atoms with van der Waals surface area (Å²) < 4.78 is 15.6. The van der Waals surface area contributed by atoms with Crippen LogP contribution in [0.3, 0.4) is 0 Å². The number of ether oxygens (including phenoxy) is 1. The van der Waals surface area contributed by atoms with Crippen molar-refractivity contribution in [2.24, 2.45) is 0 Å². The first-order valence-electron chi connectivity index (χ1n) is 4.53. The third-order valence-electron chi connectivity index (χ3n) is 2.18. The molecule has 0 amide bonds. The second-order valence-corrected chi connectivity index (χ2v) is 6.64. The van der Waals surface area contributed by atoms with Crippen molar-refractivity contribution < 1.29 is 18.4 Å². The molecular weight excluding hydrogens is 200 g/mol. The van der Waals surface area contributed by atoms with Gasteiger partial charge in [-0.1, -0.05) is 13.5 Å². The molecule has 0 N–H and O–H groups in total. The lowest BCUT2D eigenvalue weighted by Gasteiger charge is -2.25. The van der Waals surface area contributed by atoms with Gasteiger partial charge in [0.2, 0.25) is 0 Å². The van der Waals surface area contributed by atoms with Crippen molar-refractivity contribution in [3.63, 3.8) is 0 Å². The average molecular weight is 218 g/mol. The van der Waals surface area contributed by atoms with Crippen LogP contribution >= 0.6 is 0 Å². The monoisotopic (exact) mass is 218 g/mol. The fraction of sp³-hybridized carbons (Fsp3) is 0.667. The van der Waals surface area contributed by atoms with Gasteiger partial charge >= 0.3 is 14.5 Å². The van der Waals surface area contributed by atoms with Crippen LogP contribution in [0.1, 0.15) is 6.92 Å². The lowest BCUT2D eigenvalue weighted by atomic mass is 10.6. The topological polar surface area (TPSA) is 44.8 Å². The highest BCUT2D eigenvalue weighted by Crippen LogP contribution is 2.16. The third kappa shape index (κ3) is 4.04. The molecule has 0 spiro atoms. The highest BCUT2D eigenvalue weighted by Gasteiger charge is 2.33. The first-order chi connectivity index (χ1) is 6.64. The number of carbonyl (C=O) groups excluding carboxylic acids is 1. The smallest absolute Gasteiger partial charge is 0.340 e. The predicted molar refractivity (Wildman–Crippen MR) is 56.2 cm³/mol. The van der Waals surface area contributed by atoms with Gasteiger partial charge in [0.15, 0.2) is 0 Å². The van der Waals surface area contributed by atoms with Gasteiger partial charge in [-0.05, 0) is 6.04 Å². The van der Waals surface area contributed by atoms with E-state index in [-0.39, 0.29) is 0 Å². The molecule has 0 aliphatic carbocycles. The molecule has 4 nitrogen and oxygen atoms in total. The second kappa shape index (κ2) is 6.75. The highest BCUT2D eigenvalue weighted by molar-refractivity contribution is 6.67. The molecule has 0 radical (unpaired) electrons. The zero-order chi connectivity index (χ0) is 11.0. The van der Waals surface area contributed by atoms with Crippen LogP contribution in [-0.4, -0.2) is 35.4 Å². The Bertz CT molecular complexity index is 181. The molecule has 0 saturated heterocycles. The van der Waals surface area contributed by atoms with E-state index in [1.54, 1.807) is 14.2 Å². The molecule has 0 unspecified atom stereocenters. The Hall–Kier alpha value is -0.653. The predicted octanol–water partition coefficient (Wildman–Crippen LogP) is 1.47. The zero-order valence-electron chi connectivity index (χ0n) is 9.04. The average Bonchev–Trinajstić information content (AvgIpc) is 2.25. The molecule has 0 aromatic carbocycles. The van der Waals surface area contributed by atoms with Crippen molar-refractivity contribution in [1.29, 1.82) is 0 Å². The Labute approximate surface area is 86.1 Å². The Kier molecular flexibility index (Phi) is 6.43. The quantitative estimate of drug-likeness (QED) is 0.369. The van der Waals surface area contributed by atoms with Crippen LogP contribution in [0.4, 0.5) is 0 Å². The summed E-state index contributed by atoms with van der Waals surface area (Å²) in [6.45, 7) is 5.64. The van der Waals surface area contributed by atoms with Crippen LogP contribution < -0.4 is 0 Å². The summed E-state index contributed by atoms with van der Waals surface area (Å²) in [5, 5.41) is 0. The van der Waals surface area contributed by atoms with Crippen LogP contribution in [0.2, 0.25) is 12.1 Å². The van der Waals surface area contributed by atoms with E-state index in [2.05, 4.69) is 6.58 Å². The van der Waals surface area contributed by atoms with E-state index < -0.39 is 14.5 Å². The van der Waals surface area contributed by atoms with Crippen LogP contribution in [0.15, 0.2) is 12.7 Å². The van der Waals surface area contributed by atoms with Gasteiger partial charge in [-0.3, -0.25) is 0 Å². The van der Waals surface area contributed by atoms with E-state index in [4.69, 9.17) is 13.6 Å². The highest BCUT2D eigenvalue weighted by atomic mass is 28.4. The van der Waals surface area contributed by atoms with E-state index in [0.717, 1.165) is 12.1 Å². The summed E-state index contributed by atoms with van der Waals surface area (Å²) in [7, 11) is 1.16. The molecule has 0 atom stereocenters. The number of carbonyl (C=O) groups is 1. The summed E-state index contributed by atoms with van der Waals surface area (Å²) in [4.78, 5) is 10.8. The SMILES string of the molecule is C=CC(=O)OCC[Si](CC)(OC)OC. The Morgan fingerprint density at radius 2 is 2.00 bits per heavy atom.